The van der Waals surface area contributed by atoms with Gasteiger partial charge in [0.2, 0.25) is 0 Å². The number of carbonyl (C=O) groups excluding carboxylic acids is 1. The second-order valence-corrected chi connectivity index (χ2v) is 6.21. The van der Waals surface area contributed by atoms with Crippen molar-refractivity contribution in [2.45, 2.75) is 13.8 Å². The Hall–Kier alpha value is -1.20. The summed E-state index contributed by atoms with van der Waals surface area (Å²) in [6, 6.07) is 5.77. The summed E-state index contributed by atoms with van der Waals surface area (Å²) in [5.41, 5.74) is 2.82. The molecule has 2 rings (SSSR count). The van der Waals surface area contributed by atoms with Gasteiger partial charge in [-0.25, -0.2) is 4.98 Å². The second kappa shape index (κ2) is 4.98. The van der Waals surface area contributed by atoms with Crippen LogP contribution in [0.4, 0.5) is 5.13 Å². The van der Waals surface area contributed by atoms with Crippen molar-refractivity contribution in [3.63, 3.8) is 0 Å². The Morgan fingerprint density at radius 2 is 1.94 bits per heavy atom. The molecule has 1 heterocycles. The lowest BCUT2D eigenvalue weighted by Crippen LogP contribution is -2.12. The Labute approximate surface area is 112 Å². The summed E-state index contributed by atoms with van der Waals surface area (Å²) in [6.07, 6.45) is 1.67. The van der Waals surface area contributed by atoms with E-state index in [9.17, 15) is 4.79 Å². The molecule has 0 saturated carbocycles. The first-order valence-corrected chi connectivity index (χ1v) is 6.66. The Bertz CT molecular complexity index is 545. The first kappa shape index (κ1) is 12.3. The summed E-state index contributed by atoms with van der Waals surface area (Å²) in [4.78, 5) is 16.0. The molecule has 0 aliphatic rings. The van der Waals surface area contributed by atoms with Crippen LogP contribution in [0.25, 0.3) is 0 Å². The zero-order valence-electron chi connectivity index (χ0n) is 9.45. The summed E-state index contributed by atoms with van der Waals surface area (Å²) in [5.74, 6) is -0.126. The van der Waals surface area contributed by atoms with Gasteiger partial charge in [0.15, 0.2) is 5.13 Å². The highest BCUT2D eigenvalue weighted by Crippen LogP contribution is 2.23. The molecular weight excluding hydrogens is 300 g/mol. The van der Waals surface area contributed by atoms with Crippen LogP contribution < -0.4 is 5.32 Å². The predicted molar refractivity (Wildman–Crippen MR) is 73.7 cm³/mol. The Balaban J connectivity index is 2.19. The molecule has 0 atom stereocenters. The number of halogens is 1. The molecule has 1 aromatic carbocycles. The van der Waals surface area contributed by atoms with Crippen LogP contribution in [0.3, 0.4) is 0 Å². The largest absolute Gasteiger partial charge is 0.298 e. The van der Waals surface area contributed by atoms with E-state index in [1.54, 1.807) is 6.20 Å². The summed E-state index contributed by atoms with van der Waals surface area (Å²) in [5, 5.41) is 3.37. The number of anilines is 1. The monoisotopic (exact) mass is 310 g/mol. The van der Waals surface area contributed by atoms with Crippen molar-refractivity contribution in [1.29, 1.82) is 0 Å². The quantitative estimate of drug-likeness (QED) is 0.917. The molecule has 0 unspecified atom stereocenters. The number of amides is 1. The number of thiazole rings is 1. The number of hydrogen-bond donors (Lipinski definition) is 1. The Morgan fingerprint density at radius 1 is 1.29 bits per heavy atom. The molecule has 0 aliphatic heterocycles. The second-order valence-electron chi connectivity index (χ2n) is 3.80. The molecule has 0 spiro atoms. The highest BCUT2D eigenvalue weighted by atomic mass is 79.9. The number of aromatic nitrogens is 1. The number of nitrogens with zero attached hydrogens (tertiary/aromatic N) is 1. The highest BCUT2D eigenvalue weighted by Gasteiger charge is 2.09. The molecule has 0 radical (unpaired) electrons. The average Bonchev–Trinajstić information content (AvgIpc) is 2.62. The van der Waals surface area contributed by atoms with Gasteiger partial charge in [0.1, 0.15) is 0 Å². The minimum atomic E-state index is -0.126. The fraction of sp³-hybridized carbons (Fsp3) is 0.167. The van der Waals surface area contributed by atoms with Crippen molar-refractivity contribution in [1.82, 2.24) is 4.98 Å². The van der Waals surface area contributed by atoms with E-state index < -0.39 is 0 Å². The lowest BCUT2D eigenvalue weighted by molar-refractivity contribution is 0.102. The van der Waals surface area contributed by atoms with Crippen LogP contribution in [0, 0.1) is 13.8 Å². The van der Waals surface area contributed by atoms with Gasteiger partial charge in [-0.2, -0.15) is 0 Å². The van der Waals surface area contributed by atoms with E-state index in [1.807, 2.05) is 32.0 Å². The van der Waals surface area contributed by atoms with Gasteiger partial charge in [-0.1, -0.05) is 28.5 Å². The Kier molecular flexibility index (Phi) is 3.59. The van der Waals surface area contributed by atoms with Gasteiger partial charge in [-0.05, 0) is 41.9 Å². The molecule has 0 bridgehead atoms. The number of carbonyl (C=O) groups is 1. The van der Waals surface area contributed by atoms with Crippen molar-refractivity contribution in [3.05, 3.63) is 44.9 Å². The highest BCUT2D eigenvalue weighted by molar-refractivity contribution is 9.11. The van der Waals surface area contributed by atoms with E-state index in [2.05, 4.69) is 26.2 Å². The minimum Gasteiger partial charge on any atom is -0.298 e. The van der Waals surface area contributed by atoms with Crippen LogP contribution in [-0.4, -0.2) is 10.9 Å². The molecule has 0 aliphatic carbocycles. The smallest absolute Gasteiger partial charge is 0.257 e. The fourth-order valence-corrected chi connectivity index (χ4v) is 2.69. The van der Waals surface area contributed by atoms with Gasteiger partial charge in [0.05, 0.1) is 9.98 Å². The fourth-order valence-electron chi connectivity index (χ4n) is 1.59. The van der Waals surface area contributed by atoms with Crippen molar-refractivity contribution >= 4 is 38.3 Å². The van der Waals surface area contributed by atoms with E-state index in [1.165, 1.54) is 11.3 Å². The van der Waals surface area contributed by atoms with E-state index in [0.717, 1.165) is 14.9 Å². The van der Waals surface area contributed by atoms with E-state index in [0.29, 0.717) is 10.7 Å². The average molecular weight is 311 g/mol. The third-order valence-electron chi connectivity index (χ3n) is 2.18. The maximum atomic E-state index is 12.0. The summed E-state index contributed by atoms with van der Waals surface area (Å²) in [6.45, 7) is 3.95. The first-order valence-electron chi connectivity index (χ1n) is 5.05. The summed E-state index contributed by atoms with van der Waals surface area (Å²) >= 11 is 4.70. The molecular formula is C12H11BrN2OS. The van der Waals surface area contributed by atoms with E-state index in [4.69, 9.17) is 0 Å². The SMILES string of the molecule is Cc1cc(C)cc(C(=O)Nc2ncc(Br)s2)c1. The van der Waals surface area contributed by atoms with Crippen LogP contribution in [-0.2, 0) is 0 Å². The molecule has 1 N–H and O–H groups in total. The maximum absolute atomic E-state index is 12.0. The molecule has 0 fully saturated rings. The minimum absolute atomic E-state index is 0.126. The molecule has 17 heavy (non-hydrogen) atoms. The molecule has 88 valence electrons. The number of hydrogen-bond acceptors (Lipinski definition) is 3. The number of benzene rings is 1. The van der Waals surface area contributed by atoms with Crippen LogP contribution >= 0.6 is 27.3 Å². The van der Waals surface area contributed by atoms with Crippen LogP contribution in [0.2, 0.25) is 0 Å². The van der Waals surface area contributed by atoms with Crippen LogP contribution in [0.15, 0.2) is 28.2 Å². The van der Waals surface area contributed by atoms with Crippen molar-refractivity contribution in [3.8, 4) is 0 Å². The number of aryl methyl sites for hydroxylation is 2. The Morgan fingerprint density at radius 3 is 2.47 bits per heavy atom. The van der Waals surface area contributed by atoms with E-state index >= 15 is 0 Å². The number of nitrogens with one attached hydrogen (secondary N) is 1. The topological polar surface area (TPSA) is 42.0 Å². The van der Waals surface area contributed by atoms with Gasteiger partial charge in [-0.15, -0.1) is 0 Å². The van der Waals surface area contributed by atoms with Gasteiger partial charge >= 0.3 is 0 Å². The van der Waals surface area contributed by atoms with Gasteiger partial charge < -0.3 is 0 Å². The predicted octanol–water partition coefficient (Wildman–Crippen LogP) is 3.77. The normalized spacial score (nSPS) is 10.3. The lowest BCUT2D eigenvalue weighted by Gasteiger charge is -2.04. The molecule has 5 heteroatoms. The van der Waals surface area contributed by atoms with E-state index in [-0.39, 0.29) is 5.91 Å². The molecule has 2 aromatic rings. The van der Waals surface area contributed by atoms with Crippen LogP contribution in [0.5, 0.6) is 0 Å². The van der Waals surface area contributed by atoms with Gasteiger partial charge in [-0.3, -0.25) is 10.1 Å². The van der Waals surface area contributed by atoms with Gasteiger partial charge in [0.25, 0.3) is 5.91 Å². The van der Waals surface area contributed by atoms with Crippen molar-refractivity contribution in [2.75, 3.05) is 5.32 Å². The third-order valence-corrected chi connectivity index (χ3v) is 3.57. The lowest BCUT2D eigenvalue weighted by atomic mass is 10.1. The molecule has 1 amide bonds. The third kappa shape index (κ3) is 3.14. The zero-order valence-corrected chi connectivity index (χ0v) is 11.9. The zero-order chi connectivity index (χ0) is 12.4. The maximum Gasteiger partial charge on any atom is 0.257 e. The van der Waals surface area contributed by atoms with Crippen molar-refractivity contribution < 1.29 is 4.79 Å². The first-order chi connectivity index (χ1) is 8.04. The number of rotatable bonds is 2. The van der Waals surface area contributed by atoms with Crippen LogP contribution in [0.1, 0.15) is 21.5 Å². The van der Waals surface area contributed by atoms with Gasteiger partial charge in [0, 0.05) is 5.56 Å². The molecule has 1 aromatic heterocycles. The standard InChI is InChI=1S/C12H11BrN2OS/c1-7-3-8(2)5-9(4-7)11(16)15-12-14-6-10(13)17-12/h3-6H,1-2H3,(H,14,15,16). The summed E-state index contributed by atoms with van der Waals surface area (Å²) in [7, 11) is 0. The molecule has 3 nitrogen and oxygen atoms in total. The summed E-state index contributed by atoms with van der Waals surface area (Å²) < 4.78 is 0.897. The molecule has 0 saturated heterocycles. The van der Waals surface area contributed by atoms with Crippen molar-refractivity contribution in [2.24, 2.45) is 0 Å².